The van der Waals surface area contributed by atoms with Gasteiger partial charge in [0.2, 0.25) is 0 Å². The highest BCUT2D eigenvalue weighted by atomic mass is 16.6. The van der Waals surface area contributed by atoms with Gasteiger partial charge in [0.1, 0.15) is 13.2 Å². The van der Waals surface area contributed by atoms with Gasteiger partial charge >= 0.3 is 17.9 Å². The summed E-state index contributed by atoms with van der Waals surface area (Å²) in [5.74, 6) is -0.882. The minimum absolute atomic E-state index is 0.0780. The van der Waals surface area contributed by atoms with E-state index in [1.54, 1.807) is 0 Å². The zero-order valence-corrected chi connectivity index (χ0v) is 53.3. The molecule has 6 nitrogen and oxygen atoms in total. The molecular formula is C75H128O6. The molecule has 0 aliphatic heterocycles. The fraction of sp³-hybridized carbons (Fsp3) is 0.720. The first kappa shape index (κ1) is 77.1. The minimum Gasteiger partial charge on any atom is -0.462 e. The second-order valence-corrected chi connectivity index (χ2v) is 22.7. The molecule has 0 rings (SSSR count). The maximum Gasteiger partial charge on any atom is 0.306 e. The fourth-order valence-electron chi connectivity index (χ4n) is 9.63. The van der Waals surface area contributed by atoms with Crippen LogP contribution in [0.5, 0.6) is 0 Å². The van der Waals surface area contributed by atoms with E-state index in [-0.39, 0.29) is 31.1 Å². The average Bonchev–Trinajstić information content (AvgIpc) is 3.46. The van der Waals surface area contributed by atoms with E-state index in [9.17, 15) is 14.4 Å². The second-order valence-electron chi connectivity index (χ2n) is 22.7. The average molecular weight is 1130 g/mol. The lowest BCUT2D eigenvalue weighted by molar-refractivity contribution is -0.167. The van der Waals surface area contributed by atoms with Crippen LogP contribution in [0.15, 0.2) is 109 Å². The van der Waals surface area contributed by atoms with Gasteiger partial charge in [-0.15, -0.1) is 0 Å². The van der Waals surface area contributed by atoms with Gasteiger partial charge in [-0.2, -0.15) is 0 Å². The van der Waals surface area contributed by atoms with Crippen LogP contribution in [0.25, 0.3) is 0 Å². The monoisotopic (exact) mass is 1120 g/mol. The van der Waals surface area contributed by atoms with Crippen LogP contribution in [0.3, 0.4) is 0 Å². The van der Waals surface area contributed by atoms with Crippen LogP contribution in [0, 0.1) is 0 Å². The quantitative estimate of drug-likeness (QED) is 0.0261. The Balaban J connectivity index is 4.12. The number of unbranched alkanes of at least 4 members (excludes halogenated alkanes) is 33. The van der Waals surface area contributed by atoms with E-state index >= 15 is 0 Å². The molecule has 0 aromatic heterocycles. The van der Waals surface area contributed by atoms with Gasteiger partial charge in [-0.3, -0.25) is 14.4 Å². The van der Waals surface area contributed by atoms with Crippen molar-refractivity contribution in [3.63, 3.8) is 0 Å². The zero-order chi connectivity index (χ0) is 58.5. The molecule has 1 atom stereocenters. The van der Waals surface area contributed by atoms with Gasteiger partial charge in [0, 0.05) is 19.3 Å². The van der Waals surface area contributed by atoms with Gasteiger partial charge in [0.25, 0.3) is 0 Å². The molecule has 0 saturated heterocycles. The first-order valence-corrected chi connectivity index (χ1v) is 34.4. The van der Waals surface area contributed by atoms with Gasteiger partial charge in [-0.1, -0.05) is 310 Å². The summed E-state index contributed by atoms with van der Waals surface area (Å²) < 4.78 is 16.9. The van der Waals surface area contributed by atoms with Gasteiger partial charge in [0.15, 0.2) is 6.10 Å². The summed E-state index contributed by atoms with van der Waals surface area (Å²) in [6.45, 7) is 6.50. The molecule has 0 fully saturated rings. The lowest BCUT2D eigenvalue weighted by atomic mass is 10.0. The fourth-order valence-corrected chi connectivity index (χ4v) is 9.63. The predicted molar refractivity (Wildman–Crippen MR) is 353 cm³/mol. The van der Waals surface area contributed by atoms with Crippen LogP contribution >= 0.6 is 0 Å². The molecule has 6 heteroatoms. The van der Waals surface area contributed by atoms with Crippen LogP contribution in [0.1, 0.15) is 329 Å². The van der Waals surface area contributed by atoms with Crippen molar-refractivity contribution in [1.29, 1.82) is 0 Å². The number of ether oxygens (including phenoxy) is 3. The molecule has 0 aromatic rings. The smallest absolute Gasteiger partial charge is 0.306 e. The van der Waals surface area contributed by atoms with Crippen molar-refractivity contribution in [1.82, 2.24) is 0 Å². The van der Waals surface area contributed by atoms with E-state index in [2.05, 4.69) is 130 Å². The van der Waals surface area contributed by atoms with E-state index in [0.29, 0.717) is 19.3 Å². The molecule has 0 aliphatic carbocycles. The predicted octanol–water partition coefficient (Wildman–Crippen LogP) is 23.8. The van der Waals surface area contributed by atoms with Crippen molar-refractivity contribution < 1.29 is 28.6 Å². The van der Waals surface area contributed by atoms with E-state index in [1.165, 1.54) is 173 Å². The number of hydrogen-bond donors (Lipinski definition) is 0. The summed E-state index contributed by atoms with van der Waals surface area (Å²) in [6.07, 6.45) is 94.2. The molecule has 0 bridgehead atoms. The highest BCUT2D eigenvalue weighted by Gasteiger charge is 2.19. The third-order valence-electron chi connectivity index (χ3n) is 14.8. The lowest BCUT2D eigenvalue weighted by Gasteiger charge is -2.18. The van der Waals surface area contributed by atoms with Crippen molar-refractivity contribution in [2.45, 2.75) is 335 Å². The summed E-state index contributed by atoms with van der Waals surface area (Å²) in [6, 6.07) is 0. The Labute approximate surface area is 501 Å². The van der Waals surface area contributed by atoms with Crippen molar-refractivity contribution in [2.24, 2.45) is 0 Å². The summed E-state index contributed by atoms with van der Waals surface area (Å²) in [7, 11) is 0. The maximum absolute atomic E-state index is 12.9. The summed E-state index contributed by atoms with van der Waals surface area (Å²) in [5.41, 5.74) is 0. The van der Waals surface area contributed by atoms with Crippen LogP contribution < -0.4 is 0 Å². The highest BCUT2D eigenvalue weighted by molar-refractivity contribution is 5.71. The van der Waals surface area contributed by atoms with Crippen LogP contribution in [-0.2, 0) is 28.6 Å². The summed E-state index contributed by atoms with van der Waals surface area (Å²) in [5, 5.41) is 0. The number of rotatable bonds is 62. The van der Waals surface area contributed by atoms with E-state index in [1.807, 2.05) is 0 Å². The van der Waals surface area contributed by atoms with E-state index < -0.39 is 6.10 Å². The molecule has 0 N–H and O–H groups in total. The van der Waals surface area contributed by atoms with Gasteiger partial charge in [0.05, 0.1) is 0 Å². The Morgan fingerprint density at radius 1 is 0.259 bits per heavy atom. The summed E-state index contributed by atoms with van der Waals surface area (Å²) in [4.78, 5) is 38.2. The van der Waals surface area contributed by atoms with Gasteiger partial charge in [-0.05, 0) is 109 Å². The molecule has 81 heavy (non-hydrogen) atoms. The topological polar surface area (TPSA) is 78.9 Å². The van der Waals surface area contributed by atoms with Crippen molar-refractivity contribution in [3.8, 4) is 0 Å². The van der Waals surface area contributed by atoms with Crippen LogP contribution in [0.2, 0.25) is 0 Å². The van der Waals surface area contributed by atoms with Gasteiger partial charge < -0.3 is 14.2 Å². The Morgan fingerprint density at radius 3 is 0.753 bits per heavy atom. The Kier molecular flexibility index (Phi) is 65.2. The number of carbonyl (C=O) groups is 3. The Morgan fingerprint density at radius 2 is 0.481 bits per heavy atom. The Hall–Kier alpha value is -3.93. The molecule has 0 aromatic carbocycles. The first-order valence-electron chi connectivity index (χ1n) is 34.4. The van der Waals surface area contributed by atoms with Crippen LogP contribution in [-0.4, -0.2) is 37.2 Å². The molecule has 0 aliphatic rings. The van der Waals surface area contributed by atoms with Crippen molar-refractivity contribution in [3.05, 3.63) is 109 Å². The number of allylic oxidation sites excluding steroid dienone is 18. The minimum atomic E-state index is -0.780. The SMILES string of the molecule is CC/C=C\C/C=C\C/C=C\C/C=C\C/C=C\C/C=C\C/C=C\CCCCCCCCCCCC(=O)OCC(COC(=O)CCCCCCCCC)OC(=O)CCCCCCCCCCCCCCC/C=C\C/C=C\CCCCCCC. The Bertz CT molecular complexity index is 1620. The highest BCUT2D eigenvalue weighted by Crippen LogP contribution is 2.17. The molecular weight excluding hydrogens is 997 g/mol. The molecule has 1 unspecified atom stereocenters. The largest absolute Gasteiger partial charge is 0.462 e. The molecule has 0 saturated carbocycles. The molecule has 0 spiro atoms. The normalized spacial score (nSPS) is 12.8. The zero-order valence-electron chi connectivity index (χ0n) is 53.3. The first-order chi connectivity index (χ1) is 40.0. The van der Waals surface area contributed by atoms with Crippen molar-refractivity contribution in [2.75, 3.05) is 13.2 Å². The van der Waals surface area contributed by atoms with Crippen LogP contribution in [0.4, 0.5) is 0 Å². The molecule has 0 amide bonds. The third-order valence-corrected chi connectivity index (χ3v) is 14.8. The number of carbonyl (C=O) groups excluding carboxylic acids is 3. The molecule has 0 radical (unpaired) electrons. The van der Waals surface area contributed by atoms with E-state index in [0.717, 1.165) is 116 Å². The van der Waals surface area contributed by atoms with E-state index in [4.69, 9.17) is 14.2 Å². The second kappa shape index (κ2) is 68.6. The van der Waals surface area contributed by atoms with Gasteiger partial charge in [-0.25, -0.2) is 0 Å². The third kappa shape index (κ3) is 66.8. The summed E-state index contributed by atoms with van der Waals surface area (Å²) >= 11 is 0. The lowest BCUT2D eigenvalue weighted by Crippen LogP contribution is -2.30. The molecule has 464 valence electrons. The maximum atomic E-state index is 12.9. The molecule has 0 heterocycles. The number of esters is 3. The number of hydrogen-bond acceptors (Lipinski definition) is 6. The van der Waals surface area contributed by atoms with Crippen molar-refractivity contribution >= 4 is 17.9 Å². The standard InChI is InChI=1S/C75H128O6/c1-4-7-10-13-16-18-20-22-24-26-28-30-32-34-35-36-37-38-39-41-42-44-46-48-50-52-54-56-59-62-65-68-74(77)80-71-72(70-79-73(76)67-64-61-58-15-12-9-6-3)81-75(78)69-66-63-60-57-55-53-51-49-47-45-43-40-33-31-29-27-25-23-21-19-17-14-11-8-5-2/h7,10,16,18,21-24,27-30,34-35,37-38,41-42,72H,4-6,8-9,11-15,17,19-20,25-26,31-33,36,39-40,43-71H2,1-3H3/b10-7-,18-16-,23-21-,24-22-,29-27-,30-28-,35-34-,38-37-,42-41-.